The summed E-state index contributed by atoms with van der Waals surface area (Å²) in [5, 5.41) is -0.0243. The Morgan fingerprint density at radius 2 is 2.04 bits per heavy atom. The van der Waals surface area contributed by atoms with E-state index < -0.39 is 18.4 Å². The highest BCUT2D eigenvalue weighted by atomic mass is 35.5. The van der Waals surface area contributed by atoms with E-state index in [0.717, 1.165) is 25.3 Å². The molecular formula is C19H23ClFNO3. The molecule has 1 aliphatic carbocycles. The molecule has 2 bridgehead atoms. The third-order valence-corrected chi connectivity index (χ3v) is 5.54. The number of likely N-dealkylation sites (tertiary alicyclic amines) is 1. The first-order chi connectivity index (χ1) is 11.6. The van der Waals surface area contributed by atoms with Crippen molar-refractivity contribution in [3.63, 3.8) is 0 Å². The van der Waals surface area contributed by atoms with Gasteiger partial charge < -0.3 is 9.64 Å². The van der Waals surface area contributed by atoms with Crippen molar-refractivity contribution in [3.05, 3.63) is 34.6 Å². The molecule has 0 N–H and O–H groups in total. The van der Waals surface area contributed by atoms with E-state index in [9.17, 15) is 14.0 Å². The summed E-state index contributed by atoms with van der Waals surface area (Å²) in [4.78, 5) is 26.5. The van der Waals surface area contributed by atoms with Gasteiger partial charge in [0.25, 0.3) is 5.91 Å². The zero-order chi connectivity index (χ0) is 18.4. The Morgan fingerprint density at radius 3 is 2.72 bits per heavy atom. The summed E-state index contributed by atoms with van der Waals surface area (Å²) >= 11 is 5.85. The van der Waals surface area contributed by atoms with Gasteiger partial charge in [-0.05, 0) is 42.2 Å². The maximum absolute atomic E-state index is 13.8. The Morgan fingerprint density at radius 1 is 1.32 bits per heavy atom. The lowest BCUT2D eigenvalue weighted by Gasteiger charge is -2.39. The zero-order valence-corrected chi connectivity index (χ0v) is 15.5. The van der Waals surface area contributed by atoms with E-state index in [1.165, 1.54) is 12.1 Å². The van der Waals surface area contributed by atoms with Crippen LogP contribution < -0.4 is 0 Å². The van der Waals surface area contributed by atoms with E-state index in [-0.39, 0.29) is 33.4 Å². The Hall–Kier alpha value is -1.62. The van der Waals surface area contributed by atoms with E-state index in [1.54, 1.807) is 0 Å². The van der Waals surface area contributed by atoms with E-state index >= 15 is 0 Å². The summed E-state index contributed by atoms with van der Waals surface area (Å²) in [5.41, 5.74) is -0.0180. The summed E-state index contributed by atoms with van der Waals surface area (Å²) in [6.07, 6.45) is 3.00. The van der Waals surface area contributed by atoms with E-state index in [1.807, 2.05) is 4.90 Å². The van der Waals surface area contributed by atoms with E-state index in [4.69, 9.17) is 16.3 Å². The van der Waals surface area contributed by atoms with Crippen molar-refractivity contribution in [2.75, 3.05) is 13.2 Å². The Labute approximate surface area is 152 Å². The average molecular weight is 368 g/mol. The first kappa shape index (κ1) is 18.2. The molecule has 0 aromatic heterocycles. The highest BCUT2D eigenvalue weighted by Gasteiger charge is 2.50. The Balaban J connectivity index is 1.65. The molecule has 1 heterocycles. The van der Waals surface area contributed by atoms with Gasteiger partial charge in [0.2, 0.25) is 0 Å². The van der Waals surface area contributed by atoms with E-state index in [0.29, 0.717) is 6.54 Å². The molecule has 25 heavy (non-hydrogen) atoms. The van der Waals surface area contributed by atoms with Crippen LogP contribution in [0.25, 0.3) is 0 Å². The van der Waals surface area contributed by atoms with E-state index in [2.05, 4.69) is 20.8 Å². The number of halogens is 2. The maximum atomic E-state index is 13.8. The smallest absolute Gasteiger partial charge is 0.343 e. The van der Waals surface area contributed by atoms with Gasteiger partial charge in [0.1, 0.15) is 11.4 Å². The topological polar surface area (TPSA) is 46.6 Å². The number of carbonyl (C=O) groups is 2. The van der Waals surface area contributed by atoms with Crippen LogP contribution in [-0.2, 0) is 9.53 Å². The molecule has 1 aliphatic heterocycles. The summed E-state index contributed by atoms with van der Waals surface area (Å²) in [6.45, 7) is 6.95. The fraction of sp³-hybridized carbons (Fsp3) is 0.579. The van der Waals surface area contributed by atoms with Crippen LogP contribution in [-0.4, -0.2) is 36.0 Å². The second-order valence-electron chi connectivity index (χ2n) is 8.41. The highest BCUT2D eigenvalue weighted by molar-refractivity contribution is 6.33. The fourth-order valence-electron chi connectivity index (χ4n) is 4.73. The third kappa shape index (κ3) is 3.66. The summed E-state index contributed by atoms with van der Waals surface area (Å²) in [5.74, 6) is -1.89. The number of fused-ring (bicyclic) bond motifs is 2. The van der Waals surface area contributed by atoms with Gasteiger partial charge >= 0.3 is 5.97 Å². The fourth-order valence-corrected chi connectivity index (χ4v) is 4.97. The lowest BCUT2D eigenvalue weighted by Crippen LogP contribution is -2.39. The number of hydrogen-bond acceptors (Lipinski definition) is 3. The lowest BCUT2D eigenvalue weighted by molar-refractivity contribution is -0.135. The summed E-state index contributed by atoms with van der Waals surface area (Å²) < 4.78 is 18.8. The lowest BCUT2D eigenvalue weighted by atomic mass is 9.65. The number of nitrogens with zero attached hydrogens (tertiary/aromatic N) is 1. The van der Waals surface area contributed by atoms with Crippen LogP contribution >= 0.6 is 11.6 Å². The molecule has 1 saturated carbocycles. The number of carbonyl (C=O) groups excluding carboxylic acids is 2. The molecule has 1 amide bonds. The van der Waals surface area contributed by atoms with Gasteiger partial charge in [-0.25, -0.2) is 9.18 Å². The van der Waals surface area contributed by atoms with Crippen molar-refractivity contribution in [2.45, 2.75) is 46.1 Å². The molecule has 2 fully saturated rings. The largest absolute Gasteiger partial charge is 0.452 e. The highest BCUT2D eigenvalue weighted by Crippen LogP contribution is 2.52. The molecule has 3 rings (SSSR count). The third-order valence-electron chi connectivity index (χ3n) is 5.23. The van der Waals surface area contributed by atoms with Gasteiger partial charge in [-0.15, -0.1) is 0 Å². The van der Waals surface area contributed by atoms with Gasteiger partial charge in [0.05, 0.1) is 5.02 Å². The van der Waals surface area contributed by atoms with Crippen molar-refractivity contribution in [2.24, 2.45) is 10.8 Å². The molecule has 1 aromatic rings. The van der Waals surface area contributed by atoms with Crippen LogP contribution in [0.3, 0.4) is 0 Å². The predicted octanol–water partition coefficient (Wildman–Crippen LogP) is 4.06. The minimum Gasteiger partial charge on any atom is -0.452 e. The number of hydrogen-bond donors (Lipinski definition) is 0. The molecule has 0 unspecified atom stereocenters. The standard InChI is InChI=1S/C19H23ClFNO3/c1-18(2)7-12-8-19(3,10-18)11-22(12)15(23)9-25-17(24)16-13(20)5-4-6-14(16)21/h4-6,12H,7-11H2,1-3H3/t12-,19-/m1/s1. The average Bonchev–Trinajstić information content (AvgIpc) is 2.73. The van der Waals surface area contributed by atoms with Crippen LogP contribution in [0.1, 0.15) is 50.4 Å². The van der Waals surface area contributed by atoms with Gasteiger partial charge in [0.15, 0.2) is 6.61 Å². The number of esters is 1. The second kappa shape index (κ2) is 6.27. The van der Waals surface area contributed by atoms with Crippen LogP contribution in [0.2, 0.25) is 5.02 Å². The van der Waals surface area contributed by atoms with Crippen molar-refractivity contribution in [1.82, 2.24) is 4.90 Å². The normalized spacial score (nSPS) is 27.2. The molecule has 1 saturated heterocycles. The van der Waals surface area contributed by atoms with Crippen molar-refractivity contribution >= 4 is 23.5 Å². The summed E-state index contributed by atoms with van der Waals surface area (Å²) in [6, 6.07) is 4.14. The van der Waals surface area contributed by atoms with Gasteiger partial charge in [-0.2, -0.15) is 0 Å². The van der Waals surface area contributed by atoms with Crippen molar-refractivity contribution < 1.29 is 18.7 Å². The molecule has 2 aliphatic rings. The number of rotatable bonds is 3. The Bertz CT molecular complexity index is 700. The molecule has 136 valence electrons. The molecule has 1 aromatic carbocycles. The van der Waals surface area contributed by atoms with Gasteiger partial charge in [0, 0.05) is 12.6 Å². The number of ether oxygens (including phenoxy) is 1. The molecule has 4 nitrogen and oxygen atoms in total. The van der Waals surface area contributed by atoms with Gasteiger partial charge in [-0.3, -0.25) is 4.79 Å². The molecular weight excluding hydrogens is 345 g/mol. The molecule has 0 spiro atoms. The minimum atomic E-state index is -0.912. The van der Waals surface area contributed by atoms with Crippen LogP contribution in [0.4, 0.5) is 4.39 Å². The van der Waals surface area contributed by atoms with Crippen LogP contribution in [0.5, 0.6) is 0 Å². The maximum Gasteiger partial charge on any atom is 0.343 e. The quantitative estimate of drug-likeness (QED) is 0.757. The first-order valence-electron chi connectivity index (χ1n) is 8.51. The first-order valence-corrected chi connectivity index (χ1v) is 8.89. The van der Waals surface area contributed by atoms with Gasteiger partial charge in [-0.1, -0.05) is 38.4 Å². The molecule has 6 heteroatoms. The number of benzene rings is 1. The van der Waals surface area contributed by atoms with Crippen molar-refractivity contribution in [3.8, 4) is 0 Å². The van der Waals surface area contributed by atoms with Crippen LogP contribution in [0, 0.1) is 16.6 Å². The SMILES string of the molecule is CC1(C)C[C@@H]2C[C@@](C)(CN2C(=O)COC(=O)c2c(F)cccc2Cl)C1. The summed E-state index contributed by atoms with van der Waals surface area (Å²) in [7, 11) is 0. The van der Waals surface area contributed by atoms with Crippen LogP contribution in [0.15, 0.2) is 18.2 Å². The molecule has 0 radical (unpaired) electrons. The zero-order valence-electron chi connectivity index (χ0n) is 14.8. The predicted molar refractivity (Wildman–Crippen MR) is 92.9 cm³/mol. The Kier molecular flexibility index (Phi) is 4.56. The number of amides is 1. The van der Waals surface area contributed by atoms with Crippen molar-refractivity contribution in [1.29, 1.82) is 0 Å². The second-order valence-corrected chi connectivity index (χ2v) is 8.82. The molecule has 2 atom stereocenters. The minimum absolute atomic E-state index is 0.0243. The monoisotopic (exact) mass is 367 g/mol.